The van der Waals surface area contributed by atoms with Crippen LogP contribution in [0.1, 0.15) is 76.2 Å². The Labute approximate surface area is 176 Å². The predicted molar refractivity (Wildman–Crippen MR) is 107 cm³/mol. The average molecular weight is 380 g/mol. The van der Waals surface area contributed by atoms with Crippen LogP contribution in [0.15, 0.2) is 29.2 Å². The zero-order valence-corrected chi connectivity index (χ0v) is 15.6. The Kier molecular flexibility index (Phi) is 15.2. The van der Waals surface area contributed by atoms with Crippen LogP contribution in [0.5, 0.6) is 0 Å². The van der Waals surface area contributed by atoms with Crippen molar-refractivity contribution in [2.75, 3.05) is 6.54 Å². The maximum absolute atomic E-state index is 11.0. The summed E-state index contributed by atoms with van der Waals surface area (Å²) < 4.78 is 30.9. The third-order valence-corrected chi connectivity index (χ3v) is 5.26. The quantitative estimate of drug-likeness (QED) is 0.290. The number of hydrogen-bond donors (Lipinski definition) is 2. The van der Waals surface area contributed by atoms with Crippen LogP contribution in [0.3, 0.4) is 0 Å². The molecule has 1 aromatic rings. The minimum atomic E-state index is -4.07. The Morgan fingerprint density at radius 2 is 1.12 bits per heavy atom. The summed E-state index contributed by atoms with van der Waals surface area (Å²) in [6, 6.07) is 6.51. The van der Waals surface area contributed by atoms with E-state index in [1.807, 2.05) is 0 Å². The number of rotatable bonds is 14. The number of aryl methyl sites for hydroxylation is 1. The number of benzene rings is 1. The Balaban J connectivity index is 0.00000576. The van der Waals surface area contributed by atoms with Crippen LogP contribution in [-0.2, 0) is 16.5 Å². The van der Waals surface area contributed by atoms with E-state index in [1.165, 1.54) is 76.3 Å². The summed E-state index contributed by atoms with van der Waals surface area (Å²) in [6.07, 6.45) is 15.0. The van der Waals surface area contributed by atoms with E-state index in [9.17, 15) is 8.42 Å². The molecule has 0 aliphatic carbocycles. The van der Waals surface area contributed by atoms with Gasteiger partial charge in [0.05, 0.1) is 4.90 Å². The van der Waals surface area contributed by atoms with Crippen molar-refractivity contribution in [3.05, 3.63) is 29.8 Å². The van der Waals surface area contributed by atoms with Crippen LogP contribution in [0.2, 0.25) is 0 Å². The van der Waals surface area contributed by atoms with Crippen molar-refractivity contribution >= 4 is 39.7 Å². The second-order valence-corrected chi connectivity index (χ2v) is 7.97. The van der Waals surface area contributed by atoms with Crippen LogP contribution in [-0.4, -0.2) is 49.1 Å². The van der Waals surface area contributed by atoms with Crippen molar-refractivity contribution in [2.45, 2.75) is 81.9 Å². The van der Waals surface area contributed by atoms with Gasteiger partial charge in [-0.2, -0.15) is 8.42 Å². The second-order valence-electron chi connectivity index (χ2n) is 6.55. The maximum atomic E-state index is 11.0. The van der Waals surface area contributed by atoms with Crippen LogP contribution in [0, 0.1) is 0 Å². The van der Waals surface area contributed by atoms with E-state index < -0.39 is 10.1 Å². The molecule has 0 saturated carbocycles. The molecule has 25 heavy (non-hydrogen) atoms. The minimum absolute atomic E-state index is 0. The molecule has 1 rings (SSSR count). The molecule has 0 radical (unpaired) electrons. The molecule has 0 fully saturated rings. The van der Waals surface area contributed by atoms with Crippen molar-refractivity contribution in [3.63, 3.8) is 0 Å². The summed E-state index contributed by atoms with van der Waals surface area (Å²) in [7, 11) is -4.07. The molecule has 0 saturated heterocycles. The van der Waals surface area contributed by atoms with Crippen LogP contribution in [0.25, 0.3) is 0 Å². The Hall–Kier alpha value is 0.0900. The monoisotopic (exact) mass is 379 g/mol. The molecular formula is C19H34NNaO3S. The van der Waals surface area contributed by atoms with E-state index in [2.05, 4.69) is 0 Å². The molecule has 0 spiro atoms. The summed E-state index contributed by atoms with van der Waals surface area (Å²) >= 11 is 0. The van der Waals surface area contributed by atoms with Gasteiger partial charge < -0.3 is 5.73 Å². The summed E-state index contributed by atoms with van der Waals surface area (Å²) in [5.74, 6) is 0. The molecule has 4 nitrogen and oxygen atoms in total. The fraction of sp³-hybridized carbons (Fsp3) is 0.684. The first-order chi connectivity index (χ1) is 11.5. The Bertz CT molecular complexity index is 532. The van der Waals surface area contributed by atoms with Crippen molar-refractivity contribution < 1.29 is 13.0 Å². The molecule has 0 aliphatic rings. The summed E-state index contributed by atoms with van der Waals surface area (Å²) in [5.41, 5.74) is 6.60. The topological polar surface area (TPSA) is 80.4 Å². The molecule has 0 bridgehead atoms. The first-order valence-electron chi connectivity index (χ1n) is 9.30. The van der Waals surface area contributed by atoms with Gasteiger partial charge in [0.15, 0.2) is 0 Å². The molecule has 0 aromatic heterocycles. The van der Waals surface area contributed by atoms with Gasteiger partial charge in [-0.3, -0.25) is 4.55 Å². The Morgan fingerprint density at radius 3 is 1.52 bits per heavy atom. The summed E-state index contributed by atoms with van der Waals surface area (Å²) in [5, 5.41) is 0. The van der Waals surface area contributed by atoms with Crippen LogP contribution >= 0.6 is 0 Å². The SMILES string of the molecule is NCCCCCCCCCCCCCc1ccc(S(=O)(=O)O)cc1.[NaH]. The van der Waals surface area contributed by atoms with Gasteiger partial charge in [0, 0.05) is 0 Å². The number of unbranched alkanes of at least 4 members (excludes halogenated alkanes) is 10. The zero-order chi connectivity index (χ0) is 17.7. The first kappa shape index (κ1) is 25.1. The molecular weight excluding hydrogens is 345 g/mol. The molecule has 6 heteroatoms. The first-order valence-corrected chi connectivity index (χ1v) is 10.7. The van der Waals surface area contributed by atoms with Gasteiger partial charge in [0.25, 0.3) is 10.1 Å². The summed E-state index contributed by atoms with van der Waals surface area (Å²) in [4.78, 5) is -0.0331. The second kappa shape index (κ2) is 15.2. The third-order valence-electron chi connectivity index (χ3n) is 4.39. The van der Waals surface area contributed by atoms with Gasteiger partial charge in [-0.1, -0.05) is 69.9 Å². The van der Waals surface area contributed by atoms with E-state index >= 15 is 0 Å². The average Bonchev–Trinajstić information content (AvgIpc) is 2.55. The molecule has 0 atom stereocenters. The predicted octanol–water partition coefficient (Wildman–Crippen LogP) is 4.08. The van der Waals surface area contributed by atoms with Gasteiger partial charge in [0.1, 0.15) is 0 Å². The number of hydrogen-bond acceptors (Lipinski definition) is 3. The van der Waals surface area contributed by atoms with Gasteiger partial charge in [-0.05, 0) is 43.5 Å². The van der Waals surface area contributed by atoms with Crippen LogP contribution < -0.4 is 5.73 Å². The molecule has 0 aliphatic heterocycles. The van der Waals surface area contributed by atoms with Crippen molar-refractivity contribution in [1.29, 1.82) is 0 Å². The molecule has 1 aromatic carbocycles. The molecule has 0 heterocycles. The standard InChI is InChI=1S/C19H33NO3S.Na.H/c20-17-11-9-7-5-3-1-2-4-6-8-10-12-18-13-15-19(16-14-18)24(21,22)23;;/h13-16H,1-12,17,20H2,(H,21,22,23);;. The fourth-order valence-corrected chi connectivity index (χ4v) is 3.37. The molecule has 3 N–H and O–H groups in total. The van der Waals surface area contributed by atoms with E-state index in [4.69, 9.17) is 10.3 Å². The number of nitrogens with two attached hydrogens (primary N) is 1. The van der Waals surface area contributed by atoms with Crippen LogP contribution in [0.4, 0.5) is 0 Å². The molecule has 140 valence electrons. The van der Waals surface area contributed by atoms with E-state index in [0.29, 0.717) is 0 Å². The van der Waals surface area contributed by atoms with Crippen molar-refractivity contribution in [1.82, 2.24) is 0 Å². The van der Waals surface area contributed by atoms with Gasteiger partial charge in [-0.15, -0.1) is 0 Å². The summed E-state index contributed by atoms with van der Waals surface area (Å²) in [6.45, 7) is 0.824. The van der Waals surface area contributed by atoms with Gasteiger partial charge in [0.2, 0.25) is 0 Å². The zero-order valence-electron chi connectivity index (χ0n) is 14.8. The van der Waals surface area contributed by atoms with Crippen molar-refractivity contribution in [2.24, 2.45) is 5.73 Å². The van der Waals surface area contributed by atoms with Gasteiger partial charge >= 0.3 is 29.6 Å². The normalized spacial score (nSPS) is 11.3. The van der Waals surface area contributed by atoms with E-state index in [-0.39, 0.29) is 34.5 Å². The Morgan fingerprint density at radius 1 is 0.720 bits per heavy atom. The van der Waals surface area contributed by atoms with E-state index in [1.54, 1.807) is 12.1 Å². The fourth-order valence-electron chi connectivity index (χ4n) is 2.89. The molecule has 0 unspecified atom stereocenters. The van der Waals surface area contributed by atoms with Gasteiger partial charge in [-0.25, -0.2) is 0 Å². The van der Waals surface area contributed by atoms with Crippen molar-refractivity contribution in [3.8, 4) is 0 Å². The molecule has 0 amide bonds. The van der Waals surface area contributed by atoms with E-state index in [0.717, 1.165) is 24.9 Å². The third kappa shape index (κ3) is 13.0.